The number of rotatable bonds is 24. The molecule has 0 saturated heterocycles. The zero-order chi connectivity index (χ0) is 35.0. The van der Waals surface area contributed by atoms with Crippen molar-refractivity contribution < 1.29 is 28.6 Å². The average Bonchev–Trinajstić information content (AvgIpc) is 3.77. The van der Waals surface area contributed by atoms with Crippen LogP contribution in [0, 0.1) is 39.4 Å². The van der Waals surface area contributed by atoms with Gasteiger partial charge in [0, 0.05) is 29.1 Å². The highest BCUT2D eigenvalue weighted by Crippen LogP contribution is 2.81. The van der Waals surface area contributed by atoms with Gasteiger partial charge in [0.25, 0.3) is 0 Å². The molecule has 280 valence electrons. The van der Waals surface area contributed by atoms with E-state index in [1.165, 1.54) is 77.0 Å². The van der Waals surface area contributed by atoms with E-state index in [0.29, 0.717) is 50.9 Å². The molecule has 0 spiro atoms. The second-order valence-electron chi connectivity index (χ2n) is 17.7. The molecule has 49 heavy (non-hydrogen) atoms. The summed E-state index contributed by atoms with van der Waals surface area (Å²) in [6.07, 6.45) is 22.8. The van der Waals surface area contributed by atoms with E-state index in [4.69, 9.17) is 14.2 Å². The number of unbranched alkanes of at least 4 members (excludes halogenated alkanes) is 4. The lowest BCUT2D eigenvalue weighted by molar-refractivity contribution is -0.157. The van der Waals surface area contributed by atoms with E-state index in [0.717, 1.165) is 70.5 Å². The van der Waals surface area contributed by atoms with Gasteiger partial charge in [-0.15, -0.1) is 0 Å². The van der Waals surface area contributed by atoms with Crippen molar-refractivity contribution in [2.24, 2.45) is 39.4 Å². The Bertz CT molecular complexity index is 1070. The summed E-state index contributed by atoms with van der Waals surface area (Å²) < 4.78 is 18.6. The molecule has 7 saturated carbocycles. The Balaban J connectivity index is 1.20. The molecular formula is C42H71NO6. The monoisotopic (exact) mass is 686 g/mol. The van der Waals surface area contributed by atoms with Crippen LogP contribution in [0.25, 0.3) is 0 Å². The molecule has 0 aromatic rings. The van der Waals surface area contributed by atoms with Crippen LogP contribution in [0.2, 0.25) is 0 Å². The number of esters is 3. The van der Waals surface area contributed by atoms with Gasteiger partial charge in [-0.3, -0.25) is 14.4 Å². The van der Waals surface area contributed by atoms with E-state index >= 15 is 0 Å². The van der Waals surface area contributed by atoms with Gasteiger partial charge in [-0.1, -0.05) is 66.2 Å². The van der Waals surface area contributed by atoms with Crippen molar-refractivity contribution in [1.29, 1.82) is 0 Å². The largest absolute Gasteiger partial charge is 0.465 e. The van der Waals surface area contributed by atoms with Crippen LogP contribution in [-0.4, -0.2) is 62.3 Å². The van der Waals surface area contributed by atoms with Crippen LogP contribution in [0.15, 0.2) is 0 Å². The van der Waals surface area contributed by atoms with E-state index in [1.54, 1.807) is 0 Å². The van der Waals surface area contributed by atoms with Crippen LogP contribution in [0.5, 0.6) is 0 Å². The molecule has 4 atom stereocenters. The zero-order valence-electron chi connectivity index (χ0n) is 31.9. The standard InChI is InChI=1S/C42H71NO6/c1-5-9-11-14-34(15-12-10-6-2)24-37(45)49-32-42-26-35-25-41(42,31-48-36(44)16-13-23-43(7-3)8-4)28-40(35,29-42)30-47-38(46)27-39-20-17-33(18-21-39)19-22-39/h33-35H,5-32H2,1-4H3. The van der Waals surface area contributed by atoms with Crippen LogP contribution < -0.4 is 0 Å². The molecule has 0 aromatic carbocycles. The Morgan fingerprint density at radius 3 is 1.80 bits per heavy atom. The van der Waals surface area contributed by atoms with Crippen LogP contribution >= 0.6 is 0 Å². The summed E-state index contributed by atoms with van der Waals surface area (Å²) in [4.78, 5) is 42.1. The second kappa shape index (κ2) is 17.3. The van der Waals surface area contributed by atoms with Gasteiger partial charge in [0.2, 0.25) is 0 Å². The van der Waals surface area contributed by atoms with Gasteiger partial charge in [-0.25, -0.2) is 0 Å². The summed E-state index contributed by atoms with van der Waals surface area (Å²) in [7, 11) is 0. The molecule has 0 N–H and O–H groups in total. The smallest absolute Gasteiger partial charge is 0.306 e. The molecule has 6 bridgehead atoms. The van der Waals surface area contributed by atoms with E-state index in [1.807, 2.05) is 0 Å². The first-order valence-corrected chi connectivity index (χ1v) is 20.8. The van der Waals surface area contributed by atoms with E-state index in [-0.39, 0.29) is 39.6 Å². The third-order valence-corrected chi connectivity index (χ3v) is 14.6. The Kier molecular flexibility index (Phi) is 13.6. The topological polar surface area (TPSA) is 82.1 Å². The van der Waals surface area contributed by atoms with Crippen LogP contribution in [0.1, 0.15) is 169 Å². The highest BCUT2D eigenvalue weighted by atomic mass is 16.5. The molecule has 7 nitrogen and oxygen atoms in total. The summed E-state index contributed by atoms with van der Waals surface area (Å²) in [6.45, 7) is 12.9. The Labute approximate surface area is 298 Å². The lowest BCUT2D eigenvalue weighted by Crippen LogP contribution is -2.41. The van der Waals surface area contributed by atoms with Crippen molar-refractivity contribution in [3.63, 3.8) is 0 Å². The van der Waals surface area contributed by atoms with Crippen LogP contribution in [-0.2, 0) is 28.6 Å². The Morgan fingerprint density at radius 2 is 1.24 bits per heavy atom. The number of fused-ring (bicyclic) bond motifs is 3. The predicted molar refractivity (Wildman–Crippen MR) is 194 cm³/mol. The van der Waals surface area contributed by atoms with Crippen LogP contribution in [0.3, 0.4) is 0 Å². The average molecular weight is 686 g/mol. The molecular weight excluding hydrogens is 614 g/mol. The fraction of sp³-hybridized carbons (Fsp3) is 0.929. The second-order valence-corrected chi connectivity index (χ2v) is 17.7. The van der Waals surface area contributed by atoms with Gasteiger partial charge in [-0.2, -0.15) is 0 Å². The molecule has 0 aromatic heterocycles. The summed E-state index contributed by atoms with van der Waals surface area (Å²) in [5.41, 5.74) is -0.342. The normalized spacial score (nSPS) is 32.4. The summed E-state index contributed by atoms with van der Waals surface area (Å²) in [5.74, 6) is 1.49. The first kappa shape index (κ1) is 38.6. The molecule has 7 aliphatic rings. The minimum Gasteiger partial charge on any atom is -0.465 e. The van der Waals surface area contributed by atoms with E-state index in [9.17, 15) is 14.4 Å². The molecule has 7 fully saturated rings. The van der Waals surface area contributed by atoms with Gasteiger partial charge in [0.15, 0.2) is 0 Å². The maximum atomic E-state index is 13.4. The lowest BCUT2D eigenvalue weighted by atomic mass is 9.59. The summed E-state index contributed by atoms with van der Waals surface area (Å²) in [6, 6.07) is 0. The summed E-state index contributed by atoms with van der Waals surface area (Å²) in [5, 5.41) is 0. The quantitative estimate of drug-likeness (QED) is 0.0569. The van der Waals surface area contributed by atoms with Crippen LogP contribution in [0.4, 0.5) is 0 Å². The number of carbonyl (C=O) groups excluding carboxylic acids is 3. The predicted octanol–water partition coefficient (Wildman–Crippen LogP) is 9.44. The van der Waals surface area contributed by atoms with Gasteiger partial charge in [-0.05, 0) is 126 Å². The maximum Gasteiger partial charge on any atom is 0.306 e. The van der Waals surface area contributed by atoms with Crippen molar-refractivity contribution in [2.75, 3.05) is 39.5 Å². The van der Waals surface area contributed by atoms with Crippen molar-refractivity contribution in [3.8, 4) is 0 Å². The molecule has 7 heteroatoms. The van der Waals surface area contributed by atoms with Crippen molar-refractivity contribution >= 4 is 17.9 Å². The number of carbonyl (C=O) groups is 3. The van der Waals surface area contributed by atoms with E-state index in [2.05, 4.69) is 32.6 Å². The van der Waals surface area contributed by atoms with Crippen molar-refractivity contribution in [3.05, 3.63) is 0 Å². The molecule has 7 rings (SSSR count). The highest BCUT2D eigenvalue weighted by Gasteiger charge is 2.78. The van der Waals surface area contributed by atoms with Gasteiger partial charge < -0.3 is 19.1 Å². The molecule has 0 heterocycles. The van der Waals surface area contributed by atoms with Gasteiger partial charge in [0.1, 0.15) is 0 Å². The number of hydrogen-bond donors (Lipinski definition) is 0. The third kappa shape index (κ3) is 9.06. The number of nitrogens with zero attached hydrogens (tertiary/aromatic N) is 1. The number of ether oxygens (including phenoxy) is 3. The lowest BCUT2D eigenvalue weighted by Gasteiger charge is -2.46. The third-order valence-electron chi connectivity index (χ3n) is 14.6. The van der Waals surface area contributed by atoms with E-state index < -0.39 is 0 Å². The maximum absolute atomic E-state index is 13.4. The zero-order valence-corrected chi connectivity index (χ0v) is 31.9. The fourth-order valence-corrected chi connectivity index (χ4v) is 11.5. The minimum atomic E-state index is -0.207. The van der Waals surface area contributed by atoms with Gasteiger partial charge >= 0.3 is 17.9 Å². The van der Waals surface area contributed by atoms with Crippen molar-refractivity contribution in [2.45, 2.75) is 169 Å². The minimum absolute atomic E-state index is 0.0198. The molecule has 7 aliphatic carbocycles. The highest BCUT2D eigenvalue weighted by molar-refractivity contribution is 5.71. The fourth-order valence-electron chi connectivity index (χ4n) is 11.5. The molecule has 4 unspecified atom stereocenters. The Hall–Kier alpha value is -1.63. The first-order valence-electron chi connectivity index (χ1n) is 20.8. The first-order chi connectivity index (χ1) is 23.6. The summed E-state index contributed by atoms with van der Waals surface area (Å²) >= 11 is 0. The van der Waals surface area contributed by atoms with Gasteiger partial charge in [0.05, 0.1) is 26.2 Å². The number of hydrogen-bond acceptors (Lipinski definition) is 7. The molecule has 0 amide bonds. The molecule has 0 radical (unpaired) electrons. The van der Waals surface area contributed by atoms with Crippen molar-refractivity contribution in [1.82, 2.24) is 4.90 Å². The Morgan fingerprint density at radius 1 is 0.694 bits per heavy atom. The SMILES string of the molecule is CCCCCC(CCCCC)CC(=O)OCC12CC3CC1(COC(=O)CCCN(CC)CC)CC3(COC(=O)CC13CCC(CC1)CC3)C2. The molecule has 0 aliphatic heterocycles.